The fraction of sp³-hybridized carbons (Fsp3) is 0.280. The van der Waals surface area contributed by atoms with Crippen molar-refractivity contribution in [2.45, 2.75) is 33.9 Å². The molecule has 0 atom stereocenters. The molecule has 2 heterocycles. The zero-order valence-electron chi connectivity index (χ0n) is 20.2. The molecule has 182 valence electrons. The first-order valence-electron chi connectivity index (χ1n) is 10.7. The molecule has 0 aliphatic heterocycles. The van der Waals surface area contributed by atoms with E-state index >= 15 is 0 Å². The molecule has 10 heteroatoms. The Hall–Kier alpha value is -3.87. The van der Waals surface area contributed by atoms with Crippen LogP contribution >= 0.6 is 11.6 Å². The van der Waals surface area contributed by atoms with Gasteiger partial charge in [-0.2, -0.15) is 10.4 Å². The van der Waals surface area contributed by atoms with Crippen molar-refractivity contribution in [2.24, 2.45) is 5.10 Å². The van der Waals surface area contributed by atoms with Crippen LogP contribution in [0.4, 0.5) is 0 Å². The van der Waals surface area contributed by atoms with Crippen molar-refractivity contribution in [1.29, 1.82) is 5.26 Å². The van der Waals surface area contributed by atoms with Crippen molar-refractivity contribution in [3.63, 3.8) is 0 Å². The molecule has 1 amide bonds. The van der Waals surface area contributed by atoms with E-state index in [2.05, 4.69) is 10.5 Å². The molecule has 1 N–H and O–H groups in total. The van der Waals surface area contributed by atoms with E-state index in [0.29, 0.717) is 22.0 Å². The first-order chi connectivity index (χ1) is 16.7. The fourth-order valence-electron chi connectivity index (χ4n) is 3.88. The van der Waals surface area contributed by atoms with E-state index in [1.54, 1.807) is 32.4 Å². The molecule has 0 saturated heterocycles. The number of methoxy groups -OCH3 is 2. The van der Waals surface area contributed by atoms with E-state index in [1.165, 1.54) is 11.7 Å². The Kier molecular flexibility index (Phi) is 8.12. The van der Waals surface area contributed by atoms with Gasteiger partial charge in [0.25, 0.3) is 11.5 Å². The molecule has 3 aromatic rings. The molecule has 0 aliphatic rings. The van der Waals surface area contributed by atoms with Crippen molar-refractivity contribution in [3.05, 3.63) is 79.5 Å². The number of carbonyl (C=O) groups excluding carboxylic acids is 1. The van der Waals surface area contributed by atoms with Gasteiger partial charge in [-0.15, -0.1) is 0 Å². The van der Waals surface area contributed by atoms with Gasteiger partial charge in [-0.05, 0) is 51.1 Å². The Morgan fingerprint density at radius 1 is 1.20 bits per heavy atom. The Balaban J connectivity index is 1.77. The Bertz CT molecular complexity index is 1400. The number of aromatic nitrogens is 2. The summed E-state index contributed by atoms with van der Waals surface area (Å²) in [6.07, 6.45) is 1.54. The number of hydrogen-bond acceptors (Lipinski definition) is 6. The van der Waals surface area contributed by atoms with E-state index < -0.39 is 11.5 Å². The van der Waals surface area contributed by atoms with E-state index in [0.717, 1.165) is 22.6 Å². The van der Waals surface area contributed by atoms with Crippen LogP contribution in [0.5, 0.6) is 5.75 Å². The van der Waals surface area contributed by atoms with Crippen LogP contribution in [0.15, 0.2) is 40.2 Å². The van der Waals surface area contributed by atoms with Gasteiger partial charge < -0.3 is 18.6 Å². The highest BCUT2D eigenvalue weighted by molar-refractivity contribution is 6.32. The highest BCUT2D eigenvalue weighted by Crippen LogP contribution is 2.28. The number of pyridine rings is 1. The molecule has 0 spiro atoms. The standard InChI is InChI=1S/C25H26ClN5O4/c1-15-8-19(14-34-4)21(11-27)25(33)30(15)13-24(32)29-28-12-18-9-16(2)31(17(18)3)20-6-7-23(35-5)22(26)10-20/h6-10,12H,13-14H2,1-5H3,(H,29,32)/b28-12+. The van der Waals surface area contributed by atoms with E-state index in [1.807, 2.05) is 42.7 Å². The zero-order chi connectivity index (χ0) is 25.7. The van der Waals surface area contributed by atoms with Crippen LogP contribution in [0, 0.1) is 32.1 Å². The highest BCUT2D eigenvalue weighted by Gasteiger charge is 2.15. The average Bonchev–Trinajstić information content (AvgIpc) is 3.09. The van der Waals surface area contributed by atoms with E-state index in [-0.39, 0.29) is 18.7 Å². The number of amides is 1. The number of halogens is 1. The normalized spacial score (nSPS) is 11.0. The molecule has 3 rings (SSSR count). The maximum absolute atomic E-state index is 12.7. The SMILES string of the molecule is COCc1cc(C)n(CC(=O)N/N=C/c2cc(C)n(-c3ccc(OC)c(Cl)c3)c2C)c(=O)c1C#N. The number of nitrogens with zero attached hydrogens (tertiary/aromatic N) is 4. The minimum atomic E-state index is -0.541. The summed E-state index contributed by atoms with van der Waals surface area (Å²) in [6.45, 7) is 5.45. The van der Waals surface area contributed by atoms with Crippen molar-refractivity contribution in [3.8, 4) is 17.5 Å². The molecule has 35 heavy (non-hydrogen) atoms. The maximum atomic E-state index is 12.7. The third-order valence-electron chi connectivity index (χ3n) is 5.56. The van der Waals surface area contributed by atoms with Gasteiger partial charge in [-0.1, -0.05) is 11.6 Å². The second kappa shape index (κ2) is 11.0. The van der Waals surface area contributed by atoms with Gasteiger partial charge in [-0.3, -0.25) is 9.59 Å². The lowest BCUT2D eigenvalue weighted by Crippen LogP contribution is -2.33. The summed E-state index contributed by atoms with van der Waals surface area (Å²) < 4.78 is 13.5. The topological polar surface area (TPSA) is 111 Å². The van der Waals surface area contributed by atoms with Crippen LogP contribution in [0.1, 0.15) is 33.8 Å². The summed E-state index contributed by atoms with van der Waals surface area (Å²) >= 11 is 6.28. The Morgan fingerprint density at radius 2 is 1.94 bits per heavy atom. The molecular formula is C25H26ClN5O4. The van der Waals surface area contributed by atoms with E-state index in [4.69, 9.17) is 21.1 Å². The Labute approximate surface area is 208 Å². The van der Waals surface area contributed by atoms with Gasteiger partial charge in [-0.25, -0.2) is 5.43 Å². The second-order valence-corrected chi connectivity index (χ2v) is 8.30. The van der Waals surface area contributed by atoms with Crippen LogP contribution in [0.3, 0.4) is 0 Å². The number of rotatable bonds is 8. The number of hydrogen-bond donors (Lipinski definition) is 1. The first-order valence-corrected chi connectivity index (χ1v) is 11.1. The van der Waals surface area contributed by atoms with Crippen LogP contribution in [0.2, 0.25) is 5.02 Å². The molecule has 0 unspecified atom stereocenters. The number of aryl methyl sites for hydroxylation is 2. The molecule has 2 aromatic heterocycles. The minimum Gasteiger partial charge on any atom is -0.495 e. The van der Waals surface area contributed by atoms with Gasteiger partial charge in [0.15, 0.2) is 0 Å². The lowest BCUT2D eigenvalue weighted by molar-refractivity contribution is -0.121. The molecular weight excluding hydrogens is 470 g/mol. The second-order valence-electron chi connectivity index (χ2n) is 7.90. The highest BCUT2D eigenvalue weighted by atomic mass is 35.5. The van der Waals surface area contributed by atoms with Crippen LogP contribution in [-0.4, -0.2) is 35.5 Å². The molecule has 0 fully saturated rings. The molecule has 0 bridgehead atoms. The number of nitrogens with one attached hydrogen (secondary N) is 1. The summed E-state index contributed by atoms with van der Waals surface area (Å²) in [5.41, 5.74) is 6.43. The van der Waals surface area contributed by atoms with Gasteiger partial charge in [0.05, 0.1) is 25.0 Å². The summed E-state index contributed by atoms with van der Waals surface area (Å²) in [5, 5.41) is 13.9. The quantitative estimate of drug-likeness (QED) is 0.380. The van der Waals surface area contributed by atoms with Crippen LogP contribution in [-0.2, 0) is 22.7 Å². The van der Waals surface area contributed by atoms with Gasteiger partial charge in [0.1, 0.15) is 23.9 Å². The molecule has 9 nitrogen and oxygen atoms in total. The molecule has 0 saturated carbocycles. The average molecular weight is 496 g/mol. The monoisotopic (exact) mass is 495 g/mol. The molecule has 0 radical (unpaired) electrons. The van der Waals surface area contributed by atoms with Gasteiger partial charge in [0.2, 0.25) is 0 Å². The predicted molar refractivity (Wildman–Crippen MR) is 133 cm³/mol. The van der Waals surface area contributed by atoms with Crippen LogP contribution < -0.4 is 15.7 Å². The summed E-state index contributed by atoms with van der Waals surface area (Å²) in [4.78, 5) is 25.1. The minimum absolute atomic E-state index is 0.0418. The number of ether oxygens (including phenoxy) is 2. The smallest absolute Gasteiger partial charge is 0.269 e. The number of carbonyl (C=O) groups is 1. The van der Waals surface area contributed by atoms with Crippen molar-refractivity contribution in [2.75, 3.05) is 14.2 Å². The number of nitriles is 1. The van der Waals surface area contributed by atoms with Crippen molar-refractivity contribution in [1.82, 2.24) is 14.6 Å². The lowest BCUT2D eigenvalue weighted by Gasteiger charge is -2.12. The van der Waals surface area contributed by atoms with Gasteiger partial charge >= 0.3 is 0 Å². The van der Waals surface area contributed by atoms with Crippen LogP contribution in [0.25, 0.3) is 5.69 Å². The summed E-state index contributed by atoms with van der Waals surface area (Å²) in [7, 11) is 3.05. The third kappa shape index (κ3) is 5.45. The van der Waals surface area contributed by atoms with Crippen molar-refractivity contribution < 1.29 is 14.3 Å². The molecule has 0 aliphatic carbocycles. The third-order valence-corrected chi connectivity index (χ3v) is 5.85. The first kappa shape index (κ1) is 25.7. The number of benzene rings is 1. The fourth-order valence-corrected chi connectivity index (χ4v) is 4.13. The van der Waals surface area contributed by atoms with Gasteiger partial charge in [0, 0.05) is 41.0 Å². The summed E-state index contributed by atoms with van der Waals surface area (Å²) in [6, 6.07) is 11.0. The summed E-state index contributed by atoms with van der Waals surface area (Å²) in [5.74, 6) is 0.0949. The maximum Gasteiger partial charge on any atom is 0.269 e. The predicted octanol–water partition coefficient (Wildman–Crippen LogP) is 3.39. The zero-order valence-corrected chi connectivity index (χ0v) is 20.9. The lowest BCUT2D eigenvalue weighted by atomic mass is 10.1. The largest absolute Gasteiger partial charge is 0.495 e. The molecule has 1 aromatic carbocycles. The number of hydrazone groups is 1. The van der Waals surface area contributed by atoms with E-state index in [9.17, 15) is 14.9 Å². The Morgan fingerprint density at radius 3 is 2.57 bits per heavy atom. The van der Waals surface area contributed by atoms with Crippen molar-refractivity contribution >= 4 is 23.7 Å².